The number of alkyl halides is 3. The van der Waals surface area contributed by atoms with Crippen molar-refractivity contribution < 1.29 is 17.9 Å². The third-order valence-electron chi connectivity index (χ3n) is 2.95. The van der Waals surface area contributed by atoms with E-state index in [1.54, 1.807) is 13.1 Å². The van der Waals surface area contributed by atoms with Gasteiger partial charge in [-0.3, -0.25) is 0 Å². The molecular formula is C14H20F3NO. The van der Waals surface area contributed by atoms with Gasteiger partial charge in [-0.05, 0) is 44.5 Å². The van der Waals surface area contributed by atoms with Crippen molar-refractivity contribution in [3.8, 4) is 0 Å². The molecule has 0 spiro atoms. The van der Waals surface area contributed by atoms with Crippen LogP contribution in [0, 0.1) is 0 Å². The second-order valence-electron chi connectivity index (χ2n) is 4.30. The quantitative estimate of drug-likeness (QED) is 0.765. The average molecular weight is 275 g/mol. The van der Waals surface area contributed by atoms with Gasteiger partial charge in [-0.15, -0.1) is 0 Å². The summed E-state index contributed by atoms with van der Waals surface area (Å²) in [4.78, 5) is 0. The van der Waals surface area contributed by atoms with Gasteiger partial charge in [0.1, 0.15) is 0 Å². The number of nitrogens with one attached hydrogen (secondary N) is 1. The van der Waals surface area contributed by atoms with Crippen LogP contribution in [0.2, 0.25) is 0 Å². The van der Waals surface area contributed by atoms with Gasteiger partial charge in [0, 0.05) is 19.3 Å². The Bertz CT molecular complexity index is 379. The molecule has 0 fully saturated rings. The fraction of sp³-hybridized carbons (Fsp3) is 0.571. The van der Waals surface area contributed by atoms with Gasteiger partial charge in [0.25, 0.3) is 0 Å². The molecule has 0 aliphatic rings. The molecule has 1 rings (SSSR count). The minimum atomic E-state index is -4.29. The van der Waals surface area contributed by atoms with Crippen molar-refractivity contribution in [2.75, 3.05) is 20.3 Å². The number of hydrogen-bond acceptors (Lipinski definition) is 2. The lowest BCUT2D eigenvalue weighted by molar-refractivity contribution is -0.137. The normalized spacial score (nSPS) is 13.5. The molecule has 0 amide bonds. The SMILES string of the molecule is CCOCCCC(NC)c1cccc(C(F)(F)F)c1. The Morgan fingerprint density at radius 3 is 2.63 bits per heavy atom. The summed E-state index contributed by atoms with van der Waals surface area (Å²) in [7, 11) is 1.76. The molecule has 108 valence electrons. The number of rotatable bonds is 7. The second-order valence-corrected chi connectivity index (χ2v) is 4.30. The molecule has 1 unspecified atom stereocenters. The van der Waals surface area contributed by atoms with Gasteiger partial charge in [0.15, 0.2) is 0 Å². The van der Waals surface area contributed by atoms with Crippen molar-refractivity contribution in [2.45, 2.75) is 32.0 Å². The Kier molecular flexibility index (Phi) is 6.31. The van der Waals surface area contributed by atoms with Crippen molar-refractivity contribution >= 4 is 0 Å². The molecule has 0 heterocycles. The lowest BCUT2D eigenvalue weighted by Gasteiger charge is -2.18. The summed E-state index contributed by atoms with van der Waals surface area (Å²) in [6.07, 6.45) is -2.73. The van der Waals surface area contributed by atoms with Crippen LogP contribution >= 0.6 is 0 Å². The third-order valence-corrected chi connectivity index (χ3v) is 2.95. The van der Waals surface area contributed by atoms with E-state index < -0.39 is 11.7 Å². The first-order chi connectivity index (χ1) is 8.99. The Labute approximate surface area is 112 Å². The number of halogens is 3. The fourth-order valence-corrected chi connectivity index (χ4v) is 1.94. The van der Waals surface area contributed by atoms with Gasteiger partial charge >= 0.3 is 6.18 Å². The minimum Gasteiger partial charge on any atom is -0.382 e. The van der Waals surface area contributed by atoms with E-state index in [-0.39, 0.29) is 6.04 Å². The van der Waals surface area contributed by atoms with Crippen LogP contribution in [-0.4, -0.2) is 20.3 Å². The van der Waals surface area contributed by atoms with Crippen LogP contribution in [-0.2, 0) is 10.9 Å². The van der Waals surface area contributed by atoms with Crippen LogP contribution in [0.5, 0.6) is 0 Å². The standard InChI is InChI=1S/C14H20F3NO/c1-3-19-9-5-8-13(18-2)11-6-4-7-12(10-11)14(15,16)17/h4,6-7,10,13,18H,3,5,8-9H2,1-2H3. The molecule has 1 aromatic rings. The van der Waals surface area contributed by atoms with E-state index >= 15 is 0 Å². The molecule has 1 N–H and O–H groups in total. The first-order valence-corrected chi connectivity index (χ1v) is 6.41. The van der Waals surface area contributed by atoms with E-state index in [4.69, 9.17) is 4.74 Å². The Morgan fingerprint density at radius 1 is 1.32 bits per heavy atom. The zero-order chi connectivity index (χ0) is 14.3. The zero-order valence-corrected chi connectivity index (χ0v) is 11.3. The molecule has 1 atom stereocenters. The van der Waals surface area contributed by atoms with Crippen LogP contribution in [0.15, 0.2) is 24.3 Å². The van der Waals surface area contributed by atoms with Crippen LogP contribution < -0.4 is 5.32 Å². The van der Waals surface area contributed by atoms with E-state index in [0.717, 1.165) is 18.9 Å². The zero-order valence-electron chi connectivity index (χ0n) is 11.3. The first kappa shape index (κ1) is 16.0. The lowest BCUT2D eigenvalue weighted by atomic mass is 10.00. The Hall–Kier alpha value is -1.07. The maximum Gasteiger partial charge on any atom is 0.416 e. The summed E-state index contributed by atoms with van der Waals surface area (Å²) < 4.78 is 43.2. The molecule has 19 heavy (non-hydrogen) atoms. The molecule has 0 aromatic heterocycles. The van der Waals surface area contributed by atoms with Gasteiger partial charge < -0.3 is 10.1 Å². The molecule has 0 aliphatic heterocycles. The molecule has 0 bridgehead atoms. The summed E-state index contributed by atoms with van der Waals surface area (Å²) >= 11 is 0. The van der Waals surface area contributed by atoms with Gasteiger partial charge in [0.2, 0.25) is 0 Å². The molecule has 0 radical (unpaired) electrons. The highest BCUT2D eigenvalue weighted by molar-refractivity contribution is 5.27. The number of benzene rings is 1. The van der Waals surface area contributed by atoms with Crippen LogP contribution in [0.25, 0.3) is 0 Å². The Morgan fingerprint density at radius 2 is 2.05 bits per heavy atom. The van der Waals surface area contributed by atoms with E-state index in [1.165, 1.54) is 12.1 Å². The van der Waals surface area contributed by atoms with Crippen LogP contribution in [0.4, 0.5) is 13.2 Å². The van der Waals surface area contributed by atoms with E-state index in [0.29, 0.717) is 18.8 Å². The molecule has 0 saturated heterocycles. The smallest absolute Gasteiger partial charge is 0.382 e. The van der Waals surface area contributed by atoms with Gasteiger partial charge in [0.05, 0.1) is 5.56 Å². The van der Waals surface area contributed by atoms with Crippen LogP contribution in [0.3, 0.4) is 0 Å². The molecule has 0 aliphatic carbocycles. The molecule has 0 saturated carbocycles. The maximum absolute atomic E-state index is 12.6. The molecule has 5 heteroatoms. The summed E-state index contributed by atoms with van der Waals surface area (Å²) in [5.41, 5.74) is 0.0591. The molecule has 2 nitrogen and oxygen atoms in total. The third kappa shape index (κ3) is 5.20. The highest BCUT2D eigenvalue weighted by Crippen LogP contribution is 2.31. The monoisotopic (exact) mass is 275 g/mol. The van der Waals surface area contributed by atoms with Crippen molar-refractivity contribution in [1.29, 1.82) is 0 Å². The predicted molar refractivity (Wildman–Crippen MR) is 69.0 cm³/mol. The van der Waals surface area contributed by atoms with Crippen LogP contribution in [0.1, 0.15) is 36.9 Å². The molecular weight excluding hydrogens is 255 g/mol. The first-order valence-electron chi connectivity index (χ1n) is 6.41. The fourth-order valence-electron chi connectivity index (χ4n) is 1.94. The minimum absolute atomic E-state index is 0.0808. The van der Waals surface area contributed by atoms with E-state index in [2.05, 4.69) is 5.32 Å². The van der Waals surface area contributed by atoms with Crippen molar-refractivity contribution in [2.24, 2.45) is 0 Å². The summed E-state index contributed by atoms with van der Waals surface area (Å²) in [5, 5.41) is 3.05. The highest BCUT2D eigenvalue weighted by atomic mass is 19.4. The predicted octanol–water partition coefficient (Wildman–Crippen LogP) is 3.78. The van der Waals surface area contributed by atoms with Crippen molar-refractivity contribution in [3.05, 3.63) is 35.4 Å². The summed E-state index contributed by atoms with van der Waals surface area (Å²) in [6.45, 7) is 3.21. The maximum atomic E-state index is 12.6. The summed E-state index contributed by atoms with van der Waals surface area (Å²) in [6, 6.07) is 5.39. The second kappa shape index (κ2) is 7.50. The Balaban J connectivity index is 2.70. The molecule has 1 aromatic carbocycles. The van der Waals surface area contributed by atoms with E-state index in [1.807, 2.05) is 6.92 Å². The largest absolute Gasteiger partial charge is 0.416 e. The van der Waals surface area contributed by atoms with Crippen molar-refractivity contribution in [1.82, 2.24) is 5.32 Å². The average Bonchev–Trinajstić information content (AvgIpc) is 2.38. The number of ether oxygens (including phenoxy) is 1. The lowest BCUT2D eigenvalue weighted by Crippen LogP contribution is -2.18. The van der Waals surface area contributed by atoms with Gasteiger partial charge in [-0.2, -0.15) is 13.2 Å². The number of hydrogen-bond donors (Lipinski definition) is 1. The van der Waals surface area contributed by atoms with Crippen molar-refractivity contribution in [3.63, 3.8) is 0 Å². The topological polar surface area (TPSA) is 21.3 Å². The van der Waals surface area contributed by atoms with Gasteiger partial charge in [-0.25, -0.2) is 0 Å². The highest BCUT2D eigenvalue weighted by Gasteiger charge is 2.30. The van der Waals surface area contributed by atoms with E-state index in [9.17, 15) is 13.2 Å². The summed E-state index contributed by atoms with van der Waals surface area (Å²) in [5.74, 6) is 0. The van der Waals surface area contributed by atoms with Gasteiger partial charge in [-0.1, -0.05) is 12.1 Å².